The van der Waals surface area contributed by atoms with Crippen molar-refractivity contribution in [3.8, 4) is 6.07 Å². The molecule has 4 nitrogen and oxygen atoms in total. The molecule has 0 N–H and O–H groups in total. The van der Waals surface area contributed by atoms with Crippen LogP contribution in [0.1, 0.15) is 42.7 Å². The number of hydrogen-bond acceptors (Lipinski definition) is 3. The second kappa shape index (κ2) is 4.42. The molecule has 2 aromatic heterocycles. The van der Waals surface area contributed by atoms with Crippen molar-refractivity contribution in [1.29, 1.82) is 5.26 Å². The number of hydrogen-bond donors (Lipinski definition) is 0. The highest BCUT2D eigenvalue weighted by Crippen LogP contribution is 2.40. The molecule has 6 heteroatoms. The fraction of sp³-hybridized carbons (Fsp3) is 0.417. The van der Waals surface area contributed by atoms with Crippen LogP contribution in [0.2, 0.25) is 10.3 Å². The molecule has 18 heavy (non-hydrogen) atoms. The maximum absolute atomic E-state index is 8.96. The van der Waals surface area contributed by atoms with Crippen LogP contribution in [-0.4, -0.2) is 14.6 Å². The van der Waals surface area contributed by atoms with Gasteiger partial charge in [0.25, 0.3) is 0 Å². The lowest BCUT2D eigenvalue weighted by Gasteiger charge is -2.13. The first-order valence-electron chi connectivity index (χ1n) is 5.85. The first kappa shape index (κ1) is 11.8. The van der Waals surface area contributed by atoms with Gasteiger partial charge in [-0.25, -0.2) is 9.50 Å². The summed E-state index contributed by atoms with van der Waals surface area (Å²) in [6, 6.07) is 2.03. The fourth-order valence-corrected chi connectivity index (χ4v) is 3.32. The van der Waals surface area contributed by atoms with Crippen LogP contribution in [0.25, 0.3) is 5.65 Å². The van der Waals surface area contributed by atoms with Gasteiger partial charge in [-0.1, -0.05) is 36.0 Å². The molecule has 0 amide bonds. The molecule has 1 fully saturated rings. The zero-order valence-corrected chi connectivity index (χ0v) is 11.0. The van der Waals surface area contributed by atoms with E-state index in [4.69, 9.17) is 28.5 Å². The molecule has 0 saturated heterocycles. The van der Waals surface area contributed by atoms with E-state index in [1.807, 2.05) is 6.07 Å². The molecule has 0 radical (unpaired) electrons. The SMILES string of the molecule is N#Cc1cnn2c(Cl)c(C3CCCC3)c(Cl)nc12. The lowest BCUT2D eigenvalue weighted by Crippen LogP contribution is -2.03. The Bertz CT molecular complexity index is 650. The smallest absolute Gasteiger partial charge is 0.176 e. The van der Waals surface area contributed by atoms with Crippen LogP contribution in [0.4, 0.5) is 0 Å². The minimum absolute atomic E-state index is 0.358. The molecule has 92 valence electrons. The van der Waals surface area contributed by atoms with Crippen molar-refractivity contribution in [3.63, 3.8) is 0 Å². The van der Waals surface area contributed by atoms with Gasteiger partial charge in [-0.2, -0.15) is 10.4 Å². The molecule has 2 heterocycles. The van der Waals surface area contributed by atoms with Crippen molar-refractivity contribution in [2.45, 2.75) is 31.6 Å². The number of rotatable bonds is 1. The van der Waals surface area contributed by atoms with Crippen LogP contribution < -0.4 is 0 Å². The Hall–Kier alpha value is -1.31. The van der Waals surface area contributed by atoms with Crippen LogP contribution in [0.3, 0.4) is 0 Å². The average Bonchev–Trinajstić information content (AvgIpc) is 2.97. The number of nitriles is 1. The Labute approximate surface area is 114 Å². The van der Waals surface area contributed by atoms with E-state index >= 15 is 0 Å². The quantitative estimate of drug-likeness (QED) is 0.751. The second-order valence-corrected chi connectivity index (χ2v) is 5.21. The van der Waals surface area contributed by atoms with Crippen LogP contribution in [0, 0.1) is 11.3 Å². The monoisotopic (exact) mass is 280 g/mol. The standard InChI is InChI=1S/C12H10Cl2N4/c13-10-9(7-3-1-2-4-7)11(14)18-12(17-10)8(5-15)6-16-18/h6-7H,1-4H2. The first-order chi connectivity index (χ1) is 8.72. The highest BCUT2D eigenvalue weighted by Gasteiger charge is 2.25. The third-order valence-corrected chi connectivity index (χ3v) is 4.11. The molecule has 0 atom stereocenters. The van der Waals surface area contributed by atoms with E-state index in [1.54, 1.807) is 0 Å². The van der Waals surface area contributed by atoms with Crippen molar-refractivity contribution in [2.24, 2.45) is 0 Å². The van der Waals surface area contributed by atoms with E-state index in [-0.39, 0.29) is 0 Å². The summed E-state index contributed by atoms with van der Waals surface area (Å²) in [5.41, 5.74) is 1.68. The van der Waals surface area contributed by atoms with Gasteiger partial charge in [0.05, 0.1) is 6.20 Å². The number of nitrogens with zero attached hydrogens (tertiary/aromatic N) is 4. The van der Waals surface area contributed by atoms with Crippen molar-refractivity contribution < 1.29 is 0 Å². The Morgan fingerprint density at radius 2 is 2.06 bits per heavy atom. The minimum atomic E-state index is 0.358. The predicted molar refractivity (Wildman–Crippen MR) is 68.9 cm³/mol. The summed E-state index contributed by atoms with van der Waals surface area (Å²) in [6.07, 6.45) is 6.01. The Morgan fingerprint density at radius 1 is 1.33 bits per heavy atom. The maximum Gasteiger partial charge on any atom is 0.176 e. The topological polar surface area (TPSA) is 54.0 Å². The van der Waals surface area contributed by atoms with E-state index < -0.39 is 0 Å². The van der Waals surface area contributed by atoms with Gasteiger partial charge >= 0.3 is 0 Å². The highest BCUT2D eigenvalue weighted by molar-refractivity contribution is 6.35. The van der Waals surface area contributed by atoms with Gasteiger partial charge in [-0.05, 0) is 18.8 Å². The van der Waals surface area contributed by atoms with Crippen LogP contribution in [0.5, 0.6) is 0 Å². The molecule has 2 aromatic rings. The summed E-state index contributed by atoms with van der Waals surface area (Å²) in [5.74, 6) is 0.358. The minimum Gasteiger partial charge on any atom is -0.215 e. The number of fused-ring (bicyclic) bond motifs is 1. The molecule has 0 bridgehead atoms. The molecular weight excluding hydrogens is 271 g/mol. The van der Waals surface area contributed by atoms with Gasteiger partial charge in [0.1, 0.15) is 21.9 Å². The molecule has 0 aliphatic heterocycles. The lowest BCUT2D eigenvalue weighted by atomic mass is 10.0. The van der Waals surface area contributed by atoms with E-state index in [1.165, 1.54) is 23.6 Å². The molecule has 1 aliphatic rings. The molecule has 3 rings (SSSR count). The lowest BCUT2D eigenvalue weighted by molar-refractivity contribution is 0.708. The summed E-state index contributed by atoms with van der Waals surface area (Å²) in [5, 5.41) is 13.9. The van der Waals surface area contributed by atoms with Crippen LogP contribution >= 0.6 is 23.2 Å². The zero-order chi connectivity index (χ0) is 12.7. The summed E-state index contributed by atoms with van der Waals surface area (Å²) in [7, 11) is 0. The van der Waals surface area contributed by atoms with E-state index in [0.717, 1.165) is 18.4 Å². The van der Waals surface area contributed by atoms with Gasteiger partial charge in [-0.3, -0.25) is 0 Å². The highest BCUT2D eigenvalue weighted by atomic mass is 35.5. The molecule has 0 unspecified atom stereocenters. The molecule has 1 saturated carbocycles. The Balaban J connectivity index is 2.24. The van der Waals surface area contributed by atoms with Crippen LogP contribution in [0.15, 0.2) is 6.20 Å². The summed E-state index contributed by atoms with van der Waals surface area (Å²) < 4.78 is 1.50. The summed E-state index contributed by atoms with van der Waals surface area (Å²) >= 11 is 12.6. The van der Waals surface area contributed by atoms with Crippen molar-refractivity contribution in [3.05, 3.63) is 27.6 Å². The molecule has 0 spiro atoms. The molecule has 1 aliphatic carbocycles. The average molecular weight is 281 g/mol. The van der Waals surface area contributed by atoms with E-state index in [2.05, 4.69) is 10.1 Å². The van der Waals surface area contributed by atoms with Crippen molar-refractivity contribution in [1.82, 2.24) is 14.6 Å². The zero-order valence-electron chi connectivity index (χ0n) is 9.53. The fourth-order valence-electron chi connectivity index (χ4n) is 2.58. The van der Waals surface area contributed by atoms with E-state index in [0.29, 0.717) is 27.4 Å². The van der Waals surface area contributed by atoms with E-state index in [9.17, 15) is 0 Å². The summed E-state index contributed by atoms with van der Waals surface area (Å²) in [6.45, 7) is 0. The van der Waals surface area contributed by atoms with Crippen molar-refractivity contribution in [2.75, 3.05) is 0 Å². The summed E-state index contributed by atoms with van der Waals surface area (Å²) in [4.78, 5) is 4.27. The third kappa shape index (κ3) is 1.66. The normalized spacial score (nSPS) is 16.3. The number of aromatic nitrogens is 3. The van der Waals surface area contributed by atoms with Crippen LogP contribution in [-0.2, 0) is 0 Å². The van der Waals surface area contributed by atoms with Gasteiger partial charge in [0.15, 0.2) is 5.65 Å². The van der Waals surface area contributed by atoms with Gasteiger partial charge in [0.2, 0.25) is 0 Å². The van der Waals surface area contributed by atoms with Crippen molar-refractivity contribution >= 4 is 28.8 Å². The van der Waals surface area contributed by atoms with Gasteiger partial charge in [-0.15, -0.1) is 0 Å². The third-order valence-electron chi connectivity index (χ3n) is 3.46. The molecule has 0 aromatic carbocycles. The first-order valence-corrected chi connectivity index (χ1v) is 6.60. The molecular formula is C12H10Cl2N4. The maximum atomic E-state index is 8.96. The Morgan fingerprint density at radius 3 is 2.72 bits per heavy atom. The largest absolute Gasteiger partial charge is 0.215 e. The Kier molecular flexibility index (Phi) is 2.89. The number of halogens is 2. The predicted octanol–water partition coefficient (Wildman–Crippen LogP) is 3.57. The van der Waals surface area contributed by atoms with Gasteiger partial charge < -0.3 is 0 Å². The van der Waals surface area contributed by atoms with Gasteiger partial charge in [0, 0.05) is 5.56 Å². The second-order valence-electron chi connectivity index (χ2n) is 4.49.